The molecule has 0 saturated carbocycles. The Bertz CT molecular complexity index is 983. The van der Waals surface area contributed by atoms with Crippen molar-refractivity contribution in [2.75, 3.05) is 20.8 Å². The van der Waals surface area contributed by atoms with Crippen LogP contribution in [0.5, 0.6) is 0 Å². The van der Waals surface area contributed by atoms with Gasteiger partial charge in [-0.15, -0.1) is 0 Å². The van der Waals surface area contributed by atoms with Gasteiger partial charge >= 0.3 is 29.8 Å². The first-order valence-corrected chi connectivity index (χ1v) is 11.9. The van der Waals surface area contributed by atoms with Crippen LogP contribution in [0.2, 0.25) is 0 Å². The summed E-state index contributed by atoms with van der Waals surface area (Å²) in [5.41, 5.74) is -0.803. The molecule has 0 aromatic rings. The molecule has 1 aliphatic rings. The monoisotopic (exact) mass is 559 g/mol. The van der Waals surface area contributed by atoms with E-state index in [4.69, 9.17) is 33.2 Å². The first kappa shape index (κ1) is 33.5. The number of ether oxygens (including phenoxy) is 7. The molecule has 0 aromatic carbocycles. The summed E-state index contributed by atoms with van der Waals surface area (Å²) in [6.45, 7) is 8.77. The summed E-state index contributed by atoms with van der Waals surface area (Å²) < 4.78 is 37.4. The van der Waals surface area contributed by atoms with E-state index in [2.05, 4.69) is 5.32 Å². The number of rotatable bonds is 10. The molecule has 1 aliphatic heterocycles. The molecule has 39 heavy (non-hydrogen) atoms. The molecule has 0 bridgehead atoms. The fraction of sp³-hybridized carbons (Fsp3) is 0.680. The maximum absolute atomic E-state index is 12.9. The normalized spacial score (nSPS) is 23.6. The van der Waals surface area contributed by atoms with Gasteiger partial charge in [-0.3, -0.25) is 19.2 Å². The zero-order valence-electron chi connectivity index (χ0n) is 23.6. The highest BCUT2D eigenvalue weighted by molar-refractivity contribution is 5.85. The Hall–Kier alpha value is -3.52. The quantitative estimate of drug-likeness (QED) is 0.222. The number of amides is 1. The molecule has 0 spiro atoms. The molecular weight excluding hydrogens is 522 g/mol. The Morgan fingerprint density at radius 2 is 1.59 bits per heavy atom. The van der Waals surface area contributed by atoms with Gasteiger partial charge in [-0.25, -0.2) is 9.59 Å². The lowest BCUT2D eigenvalue weighted by molar-refractivity contribution is -0.283. The Labute approximate surface area is 226 Å². The number of nitrogens with one attached hydrogen (secondary N) is 1. The maximum atomic E-state index is 12.9. The number of hydrogen-bond acceptors (Lipinski definition) is 13. The lowest BCUT2D eigenvalue weighted by Crippen LogP contribution is -2.65. The minimum atomic E-state index is -2.19. The van der Waals surface area contributed by atoms with E-state index in [9.17, 15) is 28.8 Å². The van der Waals surface area contributed by atoms with E-state index >= 15 is 0 Å². The fourth-order valence-electron chi connectivity index (χ4n) is 3.83. The van der Waals surface area contributed by atoms with Crippen LogP contribution in [-0.2, 0) is 61.9 Å². The molecule has 220 valence electrons. The third-order valence-corrected chi connectivity index (χ3v) is 5.15. The van der Waals surface area contributed by atoms with Gasteiger partial charge in [-0.1, -0.05) is 0 Å². The van der Waals surface area contributed by atoms with Crippen LogP contribution in [-0.4, -0.2) is 92.3 Å². The predicted molar refractivity (Wildman–Crippen MR) is 131 cm³/mol. The van der Waals surface area contributed by atoms with Crippen molar-refractivity contribution in [3.05, 3.63) is 11.6 Å². The molecule has 14 heteroatoms. The maximum Gasteiger partial charge on any atom is 0.366 e. The first-order valence-electron chi connectivity index (χ1n) is 11.9. The first-order chi connectivity index (χ1) is 17.9. The molecule has 1 amide bonds. The largest absolute Gasteiger partial charge is 0.465 e. The van der Waals surface area contributed by atoms with E-state index < -0.39 is 84.5 Å². The molecule has 1 rings (SSSR count). The highest BCUT2D eigenvalue weighted by atomic mass is 16.7. The van der Waals surface area contributed by atoms with Crippen molar-refractivity contribution in [1.29, 1.82) is 0 Å². The van der Waals surface area contributed by atoms with Gasteiger partial charge in [0.1, 0.15) is 18.3 Å². The standard InChI is InChI=1S/C25H37NO13/c1-13(27)26-20-17(10-19(31)38-24(5,6)7)11-25(34-9,23(32)33-8)39-22(20)21(37-16(4)30)18(36-15(3)29)12-35-14(2)28/h10,18,20-22H,11-12H2,1-9H3,(H,26,27)/b17-10+/t18-,20-,21-,22-,25+/m1/s1. The van der Waals surface area contributed by atoms with Gasteiger partial charge in [0.25, 0.3) is 5.79 Å². The van der Waals surface area contributed by atoms with Gasteiger partial charge < -0.3 is 38.5 Å². The summed E-state index contributed by atoms with van der Waals surface area (Å²) in [6, 6.07) is -1.25. The fourth-order valence-corrected chi connectivity index (χ4v) is 3.83. The number of carbonyl (C=O) groups is 6. The van der Waals surface area contributed by atoms with Crippen LogP contribution in [0.4, 0.5) is 0 Å². The van der Waals surface area contributed by atoms with E-state index in [1.807, 2.05) is 0 Å². The van der Waals surface area contributed by atoms with Gasteiger partial charge in [0.05, 0.1) is 13.2 Å². The smallest absolute Gasteiger partial charge is 0.366 e. The van der Waals surface area contributed by atoms with E-state index in [-0.39, 0.29) is 5.57 Å². The van der Waals surface area contributed by atoms with E-state index in [0.29, 0.717) is 0 Å². The summed E-state index contributed by atoms with van der Waals surface area (Å²) in [4.78, 5) is 73.6. The topological polar surface area (TPSA) is 179 Å². The van der Waals surface area contributed by atoms with Crippen LogP contribution in [0.3, 0.4) is 0 Å². The molecule has 0 unspecified atom stereocenters. The Kier molecular flexibility index (Phi) is 12.1. The number of methoxy groups -OCH3 is 2. The van der Waals surface area contributed by atoms with Crippen molar-refractivity contribution in [2.24, 2.45) is 0 Å². The highest BCUT2D eigenvalue weighted by Crippen LogP contribution is 2.38. The molecule has 1 N–H and O–H groups in total. The summed E-state index contributed by atoms with van der Waals surface area (Å²) >= 11 is 0. The molecular formula is C25H37NO13. The van der Waals surface area contributed by atoms with Crippen molar-refractivity contribution in [2.45, 2.75) is 90.6 Å². The van der Waals surface area contributed by atoms with Crippen LogP contribution < -0.4 is 5.32 Å². The van der Waals surface area contributed by atoms with Crippen molar-refractivity contribution < 1.29 is 61.9 Å². The molecule has 0 aromatic heterocycles. The molecule has 1 heterocycles. The molecule has 1 saturated heterocycles. The second kappa shape index (κ2) is 14.0. The Morgan fingerprint density at radius 3 is 2.03 bits per heavy atom. The number of hydrogen-bond donors (Lipinski definition) is 1. The Balaban J connectivity index is 3.88. The van der Waals surface area contributed by atoms with Gasteiger partial charge in [0, 0.05) is 47.3 Å². The van der Waals surface area contributed by atoms with Crippen LogP contribution in [0.25, 0.3) is 0 Å². The van der Waals surface area contributed by atoms with Crippen LogP contribution in [0, 0.1) is 0 Å². The van der Waals surface area contributed by atoms with Crippen molar-refractivity contribution in [3.8, 4) is 0 Å². The van der Waals surface area contributed by atoms with E-state index in [0.717, 1.165) is 41.1 Å². The Morgan fingerprint density at radius 1 is 1.00 bits per heavy atom. The van der Waals surface area contributed by atoms with Gasteiger partial charge in [0.15, 0.2) is 12.2 Å². The minimum absolute atomic E-state index is 0.0779. The predicted octanol–water partition coefficient (Wildman–Crippen LogP) is 0.490. The number of carbonyl (C=O) groups excluding carboxylic acids is 6. The minimum Gasteiger partial charge on any atom is -0.465 e. The third kappa shape index (κ3) is 10.3. The summed E-state index contributed by atoms with van der Waals surface area (Å²) in [6.07, 6.45) is -3.96. The third-order valence-electron chi connectivity index (χ3n) is 5.15. The van der Waals surface area contributed by atoms with Gasteiger partial charge in [-0.2, -0.15) is 0 Å². The SMILES string of the molecule is COC(=O)[C@]1(OC)C/C(=C\C(=O)OC(C)(C)C)[C@@H](NC(C)=O)[C@H]([C@H](OC(C)=O)[C@@H](COC(C)=O)OC(C)=O)O1. The van der Waals surface area contributed by atoms with Crippen molar-refractivity contribution >= 4 is 35.8 Å². The van der Waals surface area contributed by atoms with Crippen LogP contribution in [0.1, 0.15) is 54.9 Å². The van der Waals surface area contributed by atoms with Crippen molar-refractivity contribution in [1.82, 2.24) is 5.32 Å². The van der Waals surface area contributed by atoms with E-state index in [1.54, 1.807) is 20.8 Å². The second-order valence-corrected chi connectivity index (χ2v) is 9.66. The molecule has 14 nitrogen and oxygen atoms in total. The van der Waals surface area contributed by atoms with Crippen LogP contribution in [0.15, 0.2) is 11.6 Å². The van der Waals surface area contributed by atoms with Gasteiger partial charge in [0.2, 0.25) is 5.91 Å². The lowest BCUT2D eigenvalue weighted by Gasteiger charge is -2.46. The molecule has 0 aliphatic carbocycles. The molecule has 1 fully saturated rings. The van der Waals surface area contributed by atoms with E-state index in [1.165, 1.54) is 6.92 Å². The highest BCUT2D eigenvalue weighted by Gasteiger charge is 2.56. The number of esters is 5. The average molecular weight is 560 g/mol. The van der Waals surface area contributed by atoms with Crippen molar-refractivity contribution in [3.63, 3.8) is 0 Å². The van der Waals surface area contributed by atoms with Crippen LogP contribution >= 0.6 is 0 Å². The summed E-state index contributed by atoms with van der Waals surface area (Å²) in [5, 5.41) is 2.61. The molecule has 0 radical (unpaired) electrons. The average Bonchev–Trinajstić information content (AvgIpc) is 2.78. The zero-order chi connectivity index (χ0) is 30.1. The summed E-state index contributed by atoms with van der Waals surface area (Å²) in [7, 11) is 2.21. The second-order valence-electron chi connectivity index (χ2n) is 9.66. The van der Waals surface area contributed by atoms with Gasteiger partial charge in [-0.05, 0) is 26.3 Å². The lowest BCUT2D eigenvalue weighted by atomic mass is 9.85. The molecule has 5 atom stereocenters. The summed E-state index contributed by atoms with van der Waals surface area (Å²) in [5.74, 6) is -7.04. The zero-order valence-corrected chi connectivity index (χ0v) is 23.6.